The van der Waals surface area contributed by atoms with E-state index in [0.717, 1.165) is 24.0 Å². The first-order chi connectivity index (χ1) is 10.3. The molecule has 0 unspecified atom stereocenters. The van der Waals surface area contributed by atoms with E-state index in [9.17, 15) is 14.8 Å². The van der Waals surface area contributed by atoms with Crippen molar-refractivity contribution in [1.29, 1.82) is 0 Å². The van der Waals surface area contributed by atoms with Crippen LogP contribution in [0.3, 0.4) is 0 Å². The van der Waals surface area contributed by atoms with Crippen LogP contribution in [-0.2, 0) is 17.4 Å². The lowest BCUT2D eigenvalue weighted by Gasteiger charge is -2.13. The van der Waals surface area contributed by atoms with Gasteiger partial charge < -0.3 is 20.0 Å². The van der Waals surface area contributed by atoms with Gasteiger partial charge in [0.25, 0.3) is 0 Å². The predicted octanol–water partition coefficient (Wildman–Crippen LogP) is 2.78. The van der Waals surface area contributed by atoms with Gasteiger partial charge in [-0.2, -0.15) is 0 Å². The van der Waals surface area contributed by atoms with Crippen molar-refractivity contribution < 1.29 is 24.6 Å². The summed E-state index contributed by atoms with van der Waals surface area (Å²) < 4.78 is 11.1. The minimum atomic E-state index is -4.42. The van der Waals surface area contributed by atoms with Crippen LogP contribution >= 0.6 is 7.75 Å². The van der Waals surface area contributed by atoms with Gasteiger partial charge >= 0.3 is 7.75 Å². The Labute approximate surface area is 128 Å². The zero-order valence-corrected chi connectivity index (χ0v) is 12.7. The maximum Gasteiger partial charge on any atom is 0.427 e. The first kappa shape index (κ1) is 16.4. The highest BCUT2D eigenvalue weighted by Gasteiger charge is 2.15. The van der Waals surface area contributed by atoms with Crippen molar-refractivity contribution in [2.75, 3.05) is 5.09 Å². The van der Waals surface area contributed by atoms with E-state index in [0.29, 0.717) is 6.42 Å². The number of hydrogen-bond acceptors (Lipinski definition) is 3. The van der Waals surface area contributed by atoms with E-state index in [-0.39, 0.29) is 17.2 Å². The van der Waals surface area contributed by atoms with Crippen LogP contribution in [-0.4, -0.2) is 20.0 Å². The fraction of sp³-hybridized carbons (Fsp3) is 0.200. The Morgan fingerprint density at radius 3 is 2.18 bits per heavy atom. The van der Waals surface area contributed by atoms with Gasteiger partial charge in [0.05, 0.1) is 5.69 Å². The monoisotopic (exact) mass is 323 g/mol. The van der Waals surface area contributed by atoms with Crippen LogP contribution in [0.1, 0.15) is 17.5 Å². The molecule has 0 aromatic heterocycles. The van der Waals surface area contributed by atoms with E-state index in [1.54, 1.807) is 18.2 Å². The molecule has 0 aliphatic rings. The third-order valence-electron chi connectivity index (χ3n) is 3.21. The van der Waals surface area contributed by atoms with E-state index in [2.05, 4.69) is 5.09 Å². The first-order valence-electron chi connectivity index (χ1n) is 6.77. The lowest BCUT2D eigenvalue weighted by atomic mass is 10.0. The van der Waals surface area contributed by atoms with Crippen LogP contribution in [0.15, 0.2) is 42.5 Å². The van der Waals surface area contributed by atoms with E-state index < -0.39 is 7.75 Å². The number of aromatic hydroxyl groups is 2. The molecule has 0 amide bonds. The molecule has 5 N–H and O–H groups in total. The Kier molecular flexibility index (Phi) is 5.08. The summed E-state index contributed by atoms with van der Waals surface area (Å²) in [6.07, 6.45) is 2.14. The van der Waals surface area contributed by atoms with Gasteiger partial charge in [-0.15, -0.1) is 0 Å². The second kappa shape index (κ2) is 6.83. The highest BCUT2D eigenvalue weighted by Crippen LogP contribution is 2.38. The third-order valence-corrected chi connectivity index (χ3v) is 3.74. The SMILES string of the molecule is O=P(O)(O)Nc1cc(O)ccc1CCCc1ccc(O)cc1. The highest BCUT2D eigenvalue weighted by atomic mass is 31.2. The Morgan fingerprint density at radius 1 is 0.909 bits per heavy atom. The molecular formula is C15H18NO5P. The lowest BCUT2D eigenvalue weighted by molar-refractivity contribution is 0.380. The molecule has 0 spiro atoms. The van der Waals surface area contributed by atoms with Gasteiger partial charge in [-0.25, -0.2) is 4.57 Å². The van der Waals surface area contributed by atoms with Crippen molar-refractivity contribution in [3.05, 3.63) is 53.6 Å². The summed E-state index contributed by atoms with van der Waals surface area (Å²) in [4.78, 5) is 18.0. The number of nitrogens with one attached hydrogen (secondary N) is 1. The lowest BCUT2D eigenvalue weighted by Crippen LogP contribution is -2.00. The predicted molar refractivity (Wildman–Crippen MR) is 83.9 cm³/mol. The average Bonchev–Trinajstić information content (AvgIpc) is 2.41. The average molecular weight is 323 g/mol. The summed E-state index contributed by atoms with van der Waals surface area (Å²) in [6, 6.07) is 11.3. The standard InChI is InChI=1S/C15H18NO5P/c17-13-7-4-11(5-8-13)2-1-3-12-6-9-14(18)10-15(12)16-22(19,20)21/h4-10,17-18H,1-3H2,(H3,16,19,20,21). The first-order valence-corrected chi connectivity index (χ1v) is 8.38. The molecule has 0 saturated carbocycles. The van der Waals surface area contributed by atoms with Gasteiger partial charge in [0.2, 0.25) is 0 Å². The normalized spacial score (nSPS) is 11.4. The summed E-state index contributed by atoms with van der Waals surface area (Å²) in [5, 5.41) is 20.8. The Bertz CT molecular complexity index is 681. The molecule has 0 fully saturated rings. The molecule has 0 atom stereocenters. The van der Waals surface area contributed by atoms with E-state index in [1.807, 2.05) is 12.1 Å². The van der Waals surface area contributed by atoms with Gasteiger partial charge in [-0.3, -0.25) is 5.09 Å². The Balaban J connectivity index is 2.02. The number of benzene rings is 2. The summed E-state index contributed by atoms with van der Waals surface area (Å²) in [5.41, 5.74) is 2.03. The van der Waals surface area contributed by atoms with Crippen LogP contribution in [0.25, 0.3) is 0 Å². The molecule has 0 aliphatic heterocycles. The van der Waals surface area contributed by atoms with Crippen LogP contribution in [0.5, 0.6) is 11.5 Å². The second-order valence-corrected chi connectivity index (χ2v) is 6.33. The largest absolute Gasteiger partial charge is 0.508 e. The molecule has 6 nitrogen and oxygen atoms in total. The number of phenols is 2. The van der Waals surface area contributed by atoms with Crippen molar-refractivity contribution in [2.24, 2.45) is 0 Å². The minimum Gasteiger partial charge on any atom is -0.508 e. The number of hydrogen-bond donors (Lipinski definition) is 5. The summed E-state index contributed by atoms with van der Waals surface area (Å²) in [7, 11) is -4.42. The molecular weight excluding hydrogens is 305 g/mol. The van der Waals surface area contributed by atoms with Crippen LogP contribution < -0.4 is 5.09 Å². The van der Waals surface area contributed by atoms with Crippen molar-refractivity contribution in [2.45, 2.75) is 19.3 Å². The van der Waals surface area contributed by atoms with Crippen LogP contribution in [0, 0.1) is 0 Å². The van der Waals surface area contributed by atoms with E-state index in [1.165, 1.54) is 12.1 Å². The molecule has 0 heterocycles. The van der Waals surface area contributed by atoms with Crippen LogP contribution in [0.4, 0.5) is 5.69 Å². The van der Waals surface area contributed by atoms with E-state index >= 15 is 0 Å². The summed E-state index contributed by atoms with van der Waals surface area (Å²) >= 11 is 0. The van der Waals surface area contributed by atoms with Gasteiger partial charge in [0.15, 0.2) is 0 Å². The fourth-order valence-corrected chi connectivity index (χ4v) is 2.71. The maximum absolute atomic E-state index is 11.1. The van der Waals surface area contributed by atoms with Crippen LogP contribution in [0.2, 0.25) is 0 Å². The topological polar surface area (TPSA) is 110 Å². The molecule has 118 valence electrons. The summed E-state index contributed by atoms with van der Waals surface area (Å²) in [5.74, 6) is 0.161. The molecule has 0 aliphatic carbocycles. The molecule has 2 aromatic carbocycles. The van der Waals surface area contributed by atoms with Crippen molar-refractivity contribution in [1.82, 2.24) is 0 Å². The number of rotatable bonds is 6. The number of anilines is 1. The highest BCUT2D eigenvalue weighted by molar-refractivity contribution is 7.53. The van der Waals surface area contributed by atoms with Crippen molar-refractivity contribution in [3.8, 4) is 11.5 Å². The third kappa shape index (κ3) is 5.07. The second-order valence-electron chi connectivity index (χ2n) is 5.02. The van der Waals surface area contributed by atoms with Gasteiger partial charge in [0.1, 0.15) is 11.5 Å². The molecule has 22 heavy (non-hydrogen) atoms. The molecule has 2 rings (SSSR count). The van der Waals surface area contributed by atoms with Gasteiger partial charge in [0, 0.05) is 6.07 Å². The zero-order chi connectivity index (χ0) is 16.2. The zero-order valence-electron chi connectivity index (χ0n) is 11.8. The molecule has 0 radical (unpaired) electrons. The van der Waals surface area contributed by atoms with Crippen molar-refractivity contribution in [3.63, 3.8) is 0 Å². The van der Waals surface area contributed by atoms with Gasteiger partial charge in [-0.05, 0) is 48.6 Å². The number of phenolic OH excluding ortho intramolecular Hbond substituents is 2. The smallest absolute Gasteiger partial charge is 0.427 e. The fourth-order valence-electron chi connectivity index (χ4n) is 2.19. The Hall–Kier alpha value is -2.01. The molecule has 0 saturated heterocycles. The number of aryl methyl sites for hydroxylation is 2. The minimum absolute atomic E-state index is 0.0572. The quantitative estimate of drug-likeness (QED) is 0.523. The maximum atomic E-state index is 11.1. The van der Waals surface area contributed by atoms with E-state index in [4.69, 9.17) is 9.79 Å². The molecule has 7 heteroatoms. The Morgan fingerprint density at radius 2 is 1.55 bits per heavy atom. The summed E-state index contributed by atoms with van der Waals surface area (Å²) in [6.45, 7) is 0. The molecule has 0 bridgehead atoms. The van der Waals surface area contributed by atoms with Crippen molar-refractivity contribution >= 4 is 13.4 Å². The van der Waals surface area contributed by atoms with Gasteiger partial charge in [-0.1, -0.05) is 18.2 Å². The molecule has 2 aromatic rings.